The molecule has 2 aliphatic carbocycles. The van der Waals surface area contributed by atoms with Gasteiger partial charge < -0.3 is 15.0 Å². The number of hydrogen-bond acceptors (Lipinski definition) is 5. The molecular formula is C26H31N3O4. The number of nitriles is 1. The number of ketones is 2. The van der Waals surface area contributed by atoms with Gasteiger partial charge in [-0.1, -0.05) is 25.3 Å². The first-order valence-electron chi connectivity index (χ1n) is 11.9. The van der Waals surface area contributed by atoms with Gasteiger partial charge >= 0.3 is 0 Å². The van der Waals surface area contributed by atoms with Crippen molar-refractivity contribution >= 4 is 28.4 Å². The van der Waals surface area contributed by atoms with E-state index >= 15 is 0 Å². The van der Waals surface area contributed by atoms with Gasteiger partial charge in [0.1, 0.15) is 17.6 Å². The molecule has 2 fully saturated rings. The number of benzene rings is 1. The molecular weight excluding hydrogens is 418 g/mol. The van der Waals surface area contributed by atoms with Crippen LogP contribution in [0.4, 0.5) is 0 Å². The summed E-state index contributed by atoms with van der Waals surface area (Å²) in [5.41, 5.74) is 1.26. The fourth-order valence-electron chi connectivity index (χ4n) is 4.85. The molecule has 33 heavy (non-hydrogen) atoms. The van der Waals surface area contributed by atoms with E-state index in [4.69, 9.17) is 4.74 Å². The molecule has 0 spiro atoms. The monoisotopic (exact) mass is 449 g/mol. The van der Waals surface area contributed by atoms with Crippen LogP contribution < -0.4 is 10.1 Å². The lowest BCUT2D eigenvalue weighted by Gasteiger charge is -2.24. The first-order valence-corrected chi connectivity index (χ1v) is 11.9. The second kappa shape index (κ2) is 10.2. The summed E-state index contributed by atoms with van der Waals surface area (Å²) < 4.78 is 5.38. The van der Waals surface area contributed by atoms with Gasteiger partial charge in [0, 0.05) is 35.6 Å². The number of nitrogens with one attached hydrogen (secondary N) is 2. The average molecular weight is 450 g/mol. The average Bonchev–Trinajstić information content (AvgIpc) is 3.53. The number of carbonyl (C=O) groups excluding carboxylic acids is 3. The highest BCUT2D eigenvalue weighted by molar-refractivity contribution is 6.02. The fraction of sp³-hybridized carbons (Fsp3) is 0.538. The van der Waals surface area contributed by atoms with Gasteiger partial charge in [0.15, 0.2) is 5.78 Å². The smallest absolute Gasteiger partial charge is 0.224 e. The first-order chi connectivity index (χ1) is 16.0. The van der Waals surface area contributed by atoms with Gasteiger partial charge in [-0.2, -0.15) is 5.26 Å². The number of carbonyl (C=O) groups is 3. The third kappa shape index (κ3) is 5.62. The third-order valence-corrected chi connectivity index (χ3v) is 6.94. The first kappa shape index (κ1) is 23.0. The number of amides is 1. The fourth-order valence-corrected chi connectivity index (χ4v) is 4.85. The number of nitrogens with zero attached hydrogens (tertiary/aromatic N) is 1. The number of methoxy groups -OCH3 is 1. The lowest BCUT2D eigenvalue weighted by molar-refractivity contribution is -0.127. The highest BCUT2D eigenvalue weighted by Gasteiger charge is 2.33. The lowest BCUT2D eigenvalue weighted by Crippen LogP contribution is -2.41. The highest BCUT2D eigenvalue weighted by atomic mass is 16.5. The summed E-state index contributed by atoms with van der Waals surface area (Å²) in [5.74, 6) is 0.282. The molecule has 0 aliphatic heterocycles. The van der Waals surface area contributed by atoms with Crippen LogP contribution in [0.25, 0.3) is 10.9 Å². The predicted octanol–water partition coefficient (Wildman–Crippen LogP) is 4.32. The van der Waals surface area contributed by atoms with Crippen molar-refractivity contribution in [3.05, 3.63) is 30.0 Å². The van der Waals surface area contributed by atoms with Crippen molar-refractivity contribution in [1.29, 1.82) is 5.26 Å². The predicted molar refractivity (Wildman–Crippen MR) is 124 cm³/mol. The number of hydrogen-bond donors (Lipinski definition) is 2. The Morgan fingerprint density at radius 3 is 2.76 bits per heavy atom. The molecule has 2 saturated carbocycles. The number of H-pyrrole nitrogens is 1. The Kier molecular flexibility index (Phi) is 7.12. The summed E-state index contributed by atoms with van der Waals surface area (Å²) in [7, 11) is 1.59. The molecule has 1 aromatic carbocycles. The molecule has 7 heteroatoms. The van der Waals surface area contributed by atoms with E-state index in [9.17, 15) is 19.6 Å². The topological polar surface area (TPSA) is 112 Å². The van der Waals surface area contributed by atoms with Gasteiger partial charge in [0.25, 0.3) is 0 Å². The van der Waals surface area contributed by atoms with Crippen LogP contribution in [0.2, 0.25) is 0 Å². The summed E-state index contributed by atoms with van der Waals surface area (Å²) in [6, 6.07) is 8.79. The summed E-state index contributed by atoms with van der Waals surface area (Å²) in [6.45, 7) is 0. The molecule has 1 aromatic heterocycles. The zero-order chi connectivity index (χ0) is 23.4. The largest absolute Gasteiger partial charge is 0.496 e. The molecule has 0 unspecified atom stereocenters. The van der Waals surface area contributed by atoms with Crippen LogP contribution in [-0.2, 0) is 9.59 Å². The van der Waals surface area contributed by atoms with Crippen molar-refractivity contribution in [3.63, 3.8) is 0 Å². The van der Waals surface area contributed by atoms with Crippen molar-refractivity contribution in [1.82, 2.24) is 10.3 Å². The summed E-state index contributed by atoms with van der Waals surface area (Å²) >= 11 is 0. The molecule has 3 atom stereocenters. The van der Waals surface area contributed by atoms with Crippen LogP contribution >= 0.6 is 0 Å². The summed E-state index contributed by atoms with van der Waals surface area (Å²) in [6.07, 6.45) is 6.44. The minimum atomic E-state index is -0.710. The molecule has 4 rings (SSSR count). The zero-order valence-electron chi connectivity index (χ0n) is 19.1. The maximum atomic E-state index is 13.1. The third-order valence-electron chi connectivity index (χ3n) is 6.94. The van der Waals surface area contributed by atoms with E-state index in [0.29, 0.717) is 36.6 Å². The van der Waals surface area contributed by atoms with Crippen molar-refractivity contribution in [2.45, 2.75) is 63.8 Å². The Bertz CT molecular complexity index is 1080. The molecule has 2 aliphatic rings. The molecule has 2 N–H and O–H groups in total. The van der Waals surface area contributed by atoms with Crippen LogP contribution in [0, 0.1) is 29.1 Å². The van der Waals surface area contributed by atoms with Crippen LogP contribution in [0.3, 0.4) is 0 Å². The van der Waals surface area contributed by atoms with Gasteiger partial charge in [-0.15, -0.1) is 0 Å². The number of ether oxygens (including phenoxy) is 1. The second-order valence-electron chi connectivity index (χ2n) is 9.44. The number of aromatic amines is 1. The quantitative estimate of drug-likeness (QED) is 0.525. The molecule has 174 valence electrons. The molecule has 7 nitrogen and oxygen atoms in total. The molecule has 1 amide bonds. The van der Waals surface area contributed by atoms with E-state index in [-0.39, 0.29) is 29.8 Å². The molecule has 1 heterocycles. The second-order valence-corrected chi connectivity index (χ2v) is 9.44. The summed E-state index contributed by atoms with van der Waals surface area (Å²) in [4.78, 5) is 41.5. The van der Waals surface area contributed by atoms with Crippen LogP contribution in [0.15, 0.2) is 24.3 Å². The Hall–Kier alpha value is -3.14. The van der Waals surface area contributed by atoms with Crippen LogP contribution in [-0.4, -0.2) is 35.6 Å². The van der Waals surface area contributed by atoms with E-state index in [1.54, 1.807) is 13.2 Å². The zero-order valence-corrected chi connectivity index (χ0v) is 19.1. The standard InChI is InChI=1S/C26H31N3O4/c1-33-25-8-4-6-21-20(25)14-22(29-21)24(31)13-18(11-16-9-10-16)26(32)28-19(15-27)12-17-5-2-3-7-23(17)30/h4,6,8,14,16-19,29H,2-3,5,7,9-13H2,1H3,(H,28,32)/t17-,18+,19-/m0/s1. The number of rotatable bonds is 10. The number of fused-ring (bicyclic) bond motifs is 1. The minimum absolute atomic E-state index is 0.0813. The minimum Gasteiger partial charge on any atom is -0.496 e. The SMILES string of the molecule is COc1cccc2[nH]c(C(=O)C[C@@H](CC3CC3)C(=O)N[C@H](C#N)C[C@@H]3CCCCC3=O)cc12. The van der Waals surface area contributed by atoms with Crippen molar-refractivity contribution < 1.29 is 19.1 Å². The Balaban J connectivity index is 1.43. The van der Waals surface area contributed by atoms with Crippen LogP contribution in [0.5, 0.6) is 5.75 Å². The van der Waals surface area contributed by atoms with E-state index in [1.165, 1.54) is 0 Å². The van der Waals surface area contributed by atoms with Gasteiger partial charge in [-0.3, -0.25) is 14.4 Å². The van der Waals surface area contributed by atoms with E-state index in [2.05, 4.69) is 16.4 Å². The number of Topliss-reactive ketones (excluding diaryl/α,β-unsaturated/α-hetero) is 2. The van der Waals surface area contributed by atoms with Crippen molar-refractivity contribution in [3.8, 4) is 11.8 Å². The van der Waals surface area contributed by atoms with E-state index < -0.39 is 12.0 Å². The maximum absolute atomic E-state index is 13.1. The molecule has 0 radical (unpaired) electrons. The summed E-state index contributed by atoms with van der Waals surface area (Å²) in [5, 5.41) is 13.3. The van der Waals surface area contributed by atoms with E-state index in [0.717, 1.165) is 43.0 Å². The van der Waals surface area contributed by atoms with Gasteiger partial charge in [0.2, 0.25) is 5.91 Å². The Morgan fingerprint density at radius 1 is 1.24 bits per heavy atom. The normalized spacial score (nSPS) is 20.1. The Morgan fingerprint density at radius 2 is 2.06 bits per heavy atom. The van der Waals surface area contributed by atoms with Gasteiger partial charge in [-0.25, -0.2) is 0 Å². The van der Waals surface area contributed by atoms with E-state index in [1.807, 2.05) is 18.2 Å². The molecule has 0 bridgehead atoms. The highest BCUT2D eigenvalue weighted by Crippen LogP contribution is 2.37. The molecule has 2 aromatic rings. The Labute approximate surface area is 193 Å². The van der Waals surface area contributed by atoms with Crippen molar-refractivity contribution in [2.24, 2.45) is 17.8 Å². The van der Waals surface area contributed by atoms with Crippen molar-refractivity contribution in [2.75, 3.05) is 7.11 Å². The number of aromatic nitrogens is 1. The maximum Gasteiger partial charge on any atom is 0.224 e. The van der Waals surface area contributed by atoms with Gasteiger partial charge in [0.05, 0.1) is 18.9 Å². The molecule has 0 saturated heterocycles. The lowest BCUT2D eigenvalue weighted by atomic mass is 9.83. The van der Waals surface area contributed by atoms with Gasteiger partial charge in [-0.05, 0) is 49.8 Å². The van der Waals surface area contributed by atoms with Crippen LogP contribution in [0.1, 0.15) is 68.3 Å².